The second-order valence-electron chi connectivity index (χ2n) is 4.22. The molecule has 1 fully saturated rings. The van der Waals surface area contributed by atoms with Crippen LogP contribution in [0.5, 0.6) is 0 Å². The number of benzene rings is 1. The van der Waals surface area contributed by atoms with Gasteiger partial charge in [0.1, 0.15) is 4.90 Å². The van der Waals surface area contributed by atoms with Crippen LogP contribution in [0.4, 0.5) is 0 Å². The summed E-state index contributed by atoms with van der Waals surface area (Å²) in [6.07, 6.45) is 1.76. The molecule has 2 rings (SSSR count). The standard InChI is InChI=1S/C11H14Cl2N2O2S.ClH/c12-9-4-1-5-10(13)11(9)18(16,17)15-8-3-2-6-14-7-8;/h1,4-5,8,14-15H,2-3,6-7H2;1H/t8-;/m0./s1. The number of piperidine rings is 1. The minimum atomic E-state index is -3.68. The van der Waals surface area contributed by atoms with Gasteiger partial charge in [-0.3, -0.25) is 0 Å². The lowest BCUT2D eigenvalue weighted by Gasteiger charge is -2.24. The Morgan fingerprint density at radius 1 is 1.26 bits per heavy atom. The van der Waals surface area contributed by atoms with Gasteiger partial charge in [0.05, 0.1) is 10.0 Å². The van der Waals surface area contributed by atoms with Crippen molar-refractivity contribution in [3.63, 3.8) is 0 Å². The molecule has 1 aliphatic rings. The monoisotopic (exact) mass is 344 g/mol. The number of rotatable bonds is 3. The van der Waals surface area contributed by atoms with Crippen molar-refractivity contribution in [1.82, 2.24) is 10.0 Å². The first-order valence-corrected chi connectivity index (χ1v) is 7.91. The van der Waals surface area contributed by atoms with Crippen LogP contribution in [-0.4, -0.2) is 27.5 Å². The number of sulfonamides is 1. The van der Waals surface area contributed by atoms with E-state index in [1.807, 2.05) is 0 Å². The van der Waals surface area contributed by atoms with Gasteiger partial charge in [0.2, 0.25) is 10.0 Å². The van der Waals surface area contributed by atoms with Gasteiger partial charge in [0.15, 0.2) is 0 Å². The molecule has 1 heterocycles. The van der Waals surface area contributed by atoms with Crippen LogP contribution in [0.15, 0.2) is 23.1 Å². The lowest BCUT2D eigenvalue weighted by Crippen LogP contribution is -2.45. The molecular weight excluding hydrogens is 331 g/mol. The zero-order chi connectivity index (χ0) is 13.2. The van der Waals surface area contributed by atoms with Gasteiger partial charge in [-0.25, -0.2) is 13.1 Å². The van der Waals surface area contributed by atoms with Crippen LogP contribution in [0.1, 0.15) is 12.8 Å². The smallest absolute Gasteiger partial charge is 0.243 e. The Kier molecular flexibility index (Phi) is 6.36. The Morgan fingerprint density at radius 3 is 2.42 bits per heavy atom. The summed E-state index contributed by atoms with van der Waals surface area (Å²) in [4.78, 5) is -0.0427. The third-order valence-corrected chi connectivity index (χ3v) is 5.28. The van der Waals surface area contributed by atoms with Crippen LogP contribution >= 0.6 is 35.6 Å². The first-order valence-electron chi connectivity index (χ1n) is 5.68. The molecule has 108 valence electrons. The van der Waals surface area contributed by atoms with Crippen molar-refractivity contribution in [3.8, 4) is 0 Å². The molecule has 0 amide bonds. The molecule has 0 aliphatic carbocycles. The molecule has 0 spiro atoms. The van der Waals surface area contributed by atoms with E-state index in [0.29, 0.717) is 6.54 Å². The third kappa shape index (κ3) is 4.21. The highest BCUT2D eigenvalue weighted by Crippen LogP contribution is 2.29. The van der Waals surface area contributed by atoms with Gasteiger partial charge in [-0.15, -0.1) is 12.4 Å². The largest absolute Gasteiger partial charge is 0.315 e. The highest BCUT2D eigenvalue weighted by atomic mass is 35.5. The summed E-state index contributed by atoms with van der Waals surface area (Å²) in [5.41, 5.74) is 0. The lowest BCUT2D eigenvalue weighted by atomic mass is 10.1. The SMILES string of the molecule is Cl.O=S(=O)(N[C@H]1CCCNC1)c1c(Cl)cccc1Cl. The summed E-state index contributed by atoms with van der Waals surface area (Å²) < 4.78 is 27.1. The van der Waals surface area contributed by atoms with Gasteiger partial charge in [0.25, 0.3) is 0 Å². The first kappa shape index (κ1) is 17.0. The van der Waals surface area contributed by atoms with Crippen molar-refractivity contribution in [3.05, 3.63) is 28.2 Å². The van der Waals surface area contributed by atoms with Gasteiger partial charge >= 0.3 is 0 Å². The molecule has 0 unspecified atom stereocenters. The van der Waals surface area contributed by atoms with Gasteiger partial charge in [-0.1, -0.05) is 29.3 Å². The topological polar surface area (TPSA) is 58.2 Å². The van der Waals surface area contributed by atoms with Crippen molar-refractivity contribution in [2.45, 2.75) is 23.8 Å². The fourth-order valence-corrected chi connectivity index (χ4v) is 4.38. The molecule has 0 aromatic heterocycles. The van der Waals surface area contributed by atoms with Crippen LogP contribution in [0.2, 0.25) is 10.0 Å². The molecule has 2 N–H and O–H groups in total. The van der Waals surface area contributed by atoms with Gasteiger partial charge in [0, 0.05) is 12.6 Å². The van der Waals surface area contributed by atoms with E-state index in [0.717, 1.165) is 19.4 Å². The molecule has 0 saturated carbocycles. The van der Waals surface area contributed by atoms with Crippen molar-refractivity contribution in [2.75, 3.05) is 13.1 Å². The number of nitrogens with one attached hydrogen (secondary N) is 2. The van der Waals surface area contributed by atoms with E-state index in [1.54, 1.807) is 6.07 Å². The second-order valence-corrected chi connectivity index (χ2v) is 6.68. The van der Waals surface area contributed by atoms with E-state index >= 15 is 0 Å². The Morgan fingerprint density at radius 2 is 1.89 bits per heavy atom. The average Bonchev–Trinajstić information content (AvgIpc) is 2.28. The molecule has 1 aromatic rings. The molecule has 19 heavy (non-hydrogen) atoms. The molecule has 1 aliphatic heterocycles. The molecule has 0 radical (unpaired) electrons. The average molecular weight is 346 g/mol. The van der Waals surface area contributed by atoms with Gasteiger partial charge in [-0.05, 0) is 31.5 Å². The number of hydrogen-bond donors (Lipinski definition) is 2. The molecule has 1 atom stereocenters. The van der Waals surface area contributed by atoms with Crippen molar-refractivity contribution in [1.29, 1.82) is 0 Å². The Bertz CT molecular complexity index is 510. The fourth-order valence-electron chi connectivity index (χ4n) is 1.97. The van der Waals surface area contributed by atoms with E-state index in [2.05, 4.69) is 10.0 Å². The van der Waals surface area contributed by atoms with E-state index in [4.69, 9.17) is 23.2 Å². The van der Waals surface area contributed by atoms with Gasteiger partial charge in [-0.2, -0.15) is 0 Å². The molecule has 8 heteroatoms. The predicted molar refractivity (Wildman–Crippen MR) is 79.9 cm³/mol. The summed E-state index contributed by atoms with van der Waals surface area (Å²) in [5.74, 6) is 0. The van der Waals surface area contributed by atoms with E-state index in [9.17, 15) is 8.42 Å². The summed E-state index contributed by atoms with van der Waals surface area (Å²) >= 11 is 11.8. The normalized spacial score (nSPS) is 19.8. The lowest BCUT2D eigenvalue weighted by molar-refractivity contribution is 0.428. The summed E-state index contributed by atoms with van der Waals surface area (Å²) in [7, 11) is -3.68. The molecule has 1 saturated heterocycles. The van der Waals surface area contributed by atoms with Crippen LogP contribution in [0, 0.1) is 0 Å². The minimum Gasteiger partial charge on any atom is -0.315 e. The Balaban J connectivity index is 0.00000180. The second kappa shape index (κ2) is 7.11. The molecular formula is C11H15Cl3N2O2S. The summed E-state index contributed by atoms with van der Waals surface area (Å²) in [6, 6.07) is 4.53. The Hall–Kier alpha value is -0.0400. The fraction of sp³-hybridized carbons (Fsp3) is 0.455. The quantitative estimate of drug-likeness (QED) is 0.884. The number of hydrogen-bond acceptors (Lipinski definition) is 3. The van der Waals surface area contributed by atoms with Crippen molar-refractivity contribution < 1.29 is 8.42 Å². The van der Waals surface area contributed by atoms with Crippen LogP contribution in [0.3, 0.4) is 0 Å². The minimum absolute atomic E-state index is 0. The van der Waals surface area contributed by atoms with E-state index < -0.39 is 10.0 Å². The third-order valence-electron chi connectivity index (χ3n) is 2.81. The maximum Gasteiger partial charge on any atom is 0.243 e. The summed E-state index contributed by atoms with van der Waals surface area (Å²) in [6.45, 7) is 1.55. The van der Waals surface area contributed by atoms with Crippen LogP contribution in [0.25, 0.3) is 0 Å². The molecule has 1 aromatic carbocycles. The zero-order valence-corrected chi connectivity index (χ0v) is 13.2. The molecule has 4 nitrogen and oxygen atoms in total. The van der Waals surface area contributed by atoms with Gasteiger partial charge < -0.3 is 5.32 Å². The van der Waals surface area contributed by atoms with Crippen molar-refractivity contribution in [2.24, 2.45) is 0 Å². The van der Waals surface area contributed by atoms with E-state index in [-0.39, 0.29) is 33.4 Å². The maximum atomic E-state index is 12.2. The maximum absolute atomic E-state index is 12.2. The van der Waals surface area contributed by atoms with Crippen LogP contribution in [-0.2, 0) is 10.0 Å². The Labute approximate surface area is 129 Å². The first-order chi connectivity index (χ1) is 8.50. The molecule has 0 bridgehead atoms. The highest BCUT2D eigenvalue weighted by molar-refractivity contribution is 7.89. The predicted octanol–water partition coefficient (Wildman–Crippen LogP) is 2.45. The van der Waals surface area contributed by atoms with E-state index in [1.165, 1.54) is 12.1 Å². The van der Waals surface area contributed by atoms with Crippen molar-refractivity contribution >= 4 is 45.6 Å². The zero-order valence-electron chi connectivity index (χ0n) is 10.0. The summed E-state index contributed by atoms with van der Waals surface area (Å²) in [5, 5.41) is 3.42. The number of halogens is 3. The van der Waals surface area contributed by atoms with Crippen LogP contribution < -0.4 is 10.0 Å². The highest BCUT2D eigenvalue weighted by Gasteiger charge is 2.25.